The Balaban J connectivity index is 2.52. The summed E-state index contributed by atoms with van der Waals surface area (Å²) < 4.78 is 2.16. The number of aromatic nitrogens is 1. The van der Waals surface area contributed by atoms with Gasteiger partial charge in [0, 0.05) is 35.3 Å². The molecule has 1 aromatic heterocycles. The Labute approximate surface area is 100.0 Å². The first-order valence-electron chi connectivity index (χ1n) is 5.71. The van der Waals surface area contributed by atoms with E-state index in [0.717, 1.165) is 29.4 Å². The van der Waals surface area contributed by atoms with Gasteiger partial charge in [0.15, 0.2) is 0 Å². The van der Waals surface area contributed by atoms with Gasteiger partial charge in [-0.1, -0.05) is 25.1 Å². The molecular formula is C14H15NO2. The van der Waals surface area contributed by atoms with Crippen molar-refractivity contribution in [2.75, 3.05) is 0 Å². The summed E-state index contributed by atoms with van der Waals surface area (Å²) in [5, 5.41) is 9.76. The lowest BCUT2D eigenvalue weighted by Gasteiger charge is -2.01. The Morgan fingerprint density at radius 2 is 2.18 bits per heavy atom. The topological polar surface area (TPSA) is 42.2 Å². The smallest absolute Gasteiger partial charge is 0.328 e. The number of rotatable bonds is 4. The van der Waals surface area contributed by atoms with Crippen LogP contribution in [0.15, 0.2) is 36.5 Å². The number of para-hydroxylation sites is 1. The maximum absolute atomic E-state index is 10.5. The highest BCUT2D eigenvalue weighted by molar-refractivity contribution is 5.93. The van der Waals surface area contributed by atoms with Gasteiger partial charge in [0.1, 0.15) is 0 Å². The van der Waals surface area contributed by atoms with Crippen molar-refractivity contribution in [1.82, 2.24) is 4.57 Å². The van der Waals surface area contributed by atoms with Crippen molar-refractivity contribution in [2.24, 2.45) is 0 Å². The Hall–Kier alpha value is -2.03. The van der Waals surface area contributed by atoms with E-state index in [-0.39, 0.29) is 0 Å². The molecule has 0 saturated carbocycles. The summed E-state index contributed by atoms with van der Waals surface area (Å²) in [6, 6.07) is 8.04. The fourth-order valence-corrected chi connectivity index (χ4v) is 1.99. The van der Waals surface area contributed by atoms with Crippen molar-refractivity contribution in [3.05, 3.63) is 42.1 Å². The van der Waals surface area contributed by atoms with E-state index in [2.05, 4.69) is 17.6 Å². The van der Waals surface area contributed by atoms with Crippen molar-refractivity contribution in [3.63, 3.8) is 0 Å². The second-order valence-corrected chi connectivity index (χ2v) is 3.97. The SMILES string of the molecule is CCCn1cc(C=CC(=O)O)c2ccccc21. The molecule has 0 spiro atoms. The molecule has 0 amide bonds. The third kappa shape index (κ3) is 2.38. The van der Waals surface area contributed by atoms with E-state index < -0.39 is 5.97 Å². The lowest BCUT2D eigenvalue weighted by Crippen LogP contribution is -1.93. The summed E-state index contributed by atoms with van der Waals surface area (Å²) in [6.45, 7) is 3.07. The van der Waals surface area contributed by atoms with Gasteiger partial charge in [0.05, 0.1) is 0 Å². The number of carboxylic acids is 1. The van der Waals surface area contributed by atoms with Gasteiger partial charge in [-0.25, -0.2) is 4.79 Å². The van der Waals surface area contributed by atoms with Crippen LogP contribution < -0.4 is 0 Å². The molecule has 2 rings (SSSR count). The molecule has 0 aliphatic heterocycles. The molecule has 1 N–H and O–H groups in total. The van der Waals surface area contributed by atoms with Gasteiger partial charge in [-0.05, 0) is 18.6 Å². The quantitative estimate of drug-likeness (QED) is 0.818. The van der Waals surface area contributed by atoms with E-state index in [0.29, 0.717) is 0 Å². The van der Waals surface area contributed by atoms with Crippen LogP contribution in [0.25, 0.3) is 17.0 Å². The minimum atomic E-state index is -0.919. The van der Waals surface area contributed by atoms with Crippen LogP contribution in [0.1, 0.15) is 18.9 Å². The summed E-state index contributed by atoms with van der Waals surface area (Å²) in [5.41, 5.74) is 2.11. The van der Waals surface area contributed by atoms with E-state index in [1.807, 2.05) is 24.4 Å². The van der Waals surface area contributed by atoms with Gasteiger partial charge in [-0.3, -0.25) is 0 Å². The van der Waals surface area contributed by atoms with E-state index in [4.69, 9.17) is 5.11 Å². The summed E-state index contributed by atoms with van der Waals surface area (Å²) >= 11 is 0. The second kappa shape index (κ2) is 4.87. The molecule has 0 radical (unpaired) electrons. The van der Waals surface area contributed by atoms with E-state index in [9.17, 15) is 4.79 Å². The van der Waals surface area contributed by atoms with Gasteiger partial charge in [0.2, 0.25) is 0 Å². The Morgan fingerprint density at radius 3 is 2.88 bits per heavy atom. The zero-order chi connectivity index (χ0) is 12.3. The first-order chi connectivity index (χ1) is 8.22. The van der Waals surface area contributed by atoms with Crippen LogP contribution >= 0.6 is 0 Å². The van der Waals surface area contributed by atoms with Crippen LogP contribution in [0, 0.1) is 0 Å². The number of aryl methyl sites for hydroxylation is 1. The van der Waals surface area contributed by atoms with Gasteiger partial charge < -0.3 is 9.67 Å². The molecule has 1 heterocycles. The number of carboxylic acid groups (broad SMARTS) is 1. The Morgan fingerprint density at radius 1 is 1.41 bits per heavy atom. The average Bonchev–Trinajstić information content (AvgIpc) is 2.66. The average molecular weight is 229 g/mol. The monoisotopic (exact) mass is 229 g/mol. The lowest BCUT2D eigenvalue weighted by atomic mass is 10.1. The van der Waals surface area contributed by atoms with Crippen LogP contribution in [0.3, 0.4) is 0 Å². The summed E-state index contributed by atoms with van der Waals surface area (Å²) in [4.78, 5) is 10.5. The molecule has 88 valence electrons. The molecular weight excluding hydrogens is 214 g/mol. The van der Waals surface area contributed by atoms with Gasteiger partial charge in [-0.2, -0.15) is 0 Å². The molecule has 0 saturated heterocycles. The van der Waals surface area contributed by atoms with Gasteiger partial charge in [0.25, 0.3) is 0 Å². The van der Waals surface area contributed by atoms with Crippen LogP contribution in [0.2, 0.25) is 0 Å². The largest absolute Gasteiger partial charge is 0.478 e. The maximum Gasteiger partial charge on any atom is 0.328 e. The number of aliphatic carboxylic acids is 1. The predicted octanol–water partition coefficient (Wildman–Crippen LogP) is 3.15. The molecule has 1 aromatic carbocycles. The third-order valence-electron chi connectivity index (χ3n) is 2.69. The first kappa shape index (κ1) is 11.5. The van der Waals surface area contributed by atoms with Crippen molar-refractivity contribution in [3.8, 4) is 0 Å². The highest BCUT2D eigenvalue weighted by Crippen LogP contribution is 2.22. The van der Waals surface area contributed by atoms with Crippen molar-refractivity contribution in [1.29, 1.82) is 0 Å². The highest BCUT2D eigenvalue weighted by atomic mass is 16.4. The molecule has 17 heavy (non-hydrogen) atoms. The lowest BCUT2D eigenvalue weighted by molar-refractivity contribution is -0.131. The summed E-state index contributed by atoms with van der Waals surface area (Å²) in [5.74, 6) is -0.919. The molecule has 3 heteroatoms. The molecule has 0 fully saturated rings. The van der Waals surface area contributed by atoms with Crippen LogP contribution in [-0.2, 0) is 11.3 Å². The van der Waals surface area contributed by atoms with Gasteiger partial charge in [-0.15, -0.1) is 0 Å². The minimum Gasteiger partial charge on any atom is -0.478 e. The fourth-order valence-electron chi connectivity index (χ4n) is 1.99. The second-order valence-electron chi connectivity index (χ2n) is 3.97. The highest BCUT2D eigenvalue weighted by Gasteiger charge is 2.05. The maximum atomic E-state index is 10.5. The van der Waals surface area contributed by atoms with Crippen molar-refractivity contribution < 1.29 is 9.90 Å². The molecule has 0 aliphatic carbocycles. The molecule has 0 aliphatic rings. The summed E-state index contributed by atoms with van der Waals surface area (Å²) in [6.07, 6.45) is 5.89. The predicted molar refractivity (Wildman–Crippen MR) is 68.9 cm³/mol. The van der Waals surface area contributed by atoms with Crippen molar-refractivity contribution >= 4 is 22.9 Å². The number of hydrogen-bond acceptors (Lipinski definition) is 1. The first-order valence-corrected chi connectivity index (χ1v) is 5.71. The van der Waals surface area contributed by atoms with E-state index in [1.54, 1.807) is 6.08 Å². The van der Waals surface area contributed by atoms with Crippen LogP contribution in [0.5, 0.6) is 0 Å². The van der Waals surface area contributed by atoms with Crippen LogP contribution in [-0.4, -0.2) is 15.6 Å². The summed E-state index contributed by atoms with van der Waals surface area (Å²) in [7, 11) is 0. The molecule has 0 atom stereocenters. The van der Waals surface area contributed by atoms with Crippen LogP contribution in [0.4, 0.5) is 0 Å². The number of benzene rings is 1. The molecule has 0 unspecified atom stereocenters. The van der Waals surface area contributed by atoms with E-state index >= 15 is 0 Å². The minimum absolute atomic E-state index is 0.919. The molecule has 2 aromatic rings. The Kier molecular flexibility index (Phi) is 3.28. The normalized spacial score (nSPS) is 11.4. The molecule has 3 nitrogen and oxygen atoms in total. The fraction of sp³-hybridized carbons (Fsp3) is 0.214. The third-order valence-corrected chi connectivity index (χ3v) is 2.69. The number of carbonyl (C=O) groups is 1. The number of nitrogens with zero attached hydrogens (tertiary/aromatic N) is 1. The number of fused-ring (bicyclic) bond motifs is 1. The van der Waals surface area contributed by atoms with Gasteiger partial charge >= 0.3 is 5.97 Å². The Bertz CT molecular complexity index is 567. The van der Waals surface area contributed by atoms with E-state index in [1.165, 1.54) is 6.08 Å². The number of hydrogen-bond donors (Lipinski definition) is 1. The molecule has 0 bridgehead atoms. The zero-order valence-corrected chi connectivity index (χ0v) is 9.76. The van der Waals surface area contributed by atoms with Crippen molar-refractivity contribution in [2.45, 2.75) is 19.9 Å². The zero-order valence-electron chi connectivity index (χ0n) is 9.76. The standard InChI is InChI=1S/C14H15NO2/c1-2-9-15-10-11(7-8-14(16)17)12-5-3-4-6-13(12)15/h3-8,10H,2,9H2,1H3,(H,16,17).